The first-order valence-electron chi connectivity index (χ1n) is 10.3. The fraction of sp³-hybridized carbons (Fsp3) is 0.0800. The van der Waals surface area contributed by atoms with Crippen LogP contribution in [0.3, 0.4) is 0 Å². The van der Waals surface area contributed by atoms with Gasteiger partial charge in [0, 0.05) is 15.7 Å². The lowest BCUT2D eigenvalue weighted by Gasteiger charge is -2.15. The lowest BCUT2D eigenvalue weighted by Crippen LogP contribution is -2.28. The highest BCUT2D eigenvalue weighted by Crippen LogP contribution is 2.38. The highest BCUT2D eigenvalue weighted by molar-refractivity contribution is 9.10. The summed E-state index contributed by atoms with van der Waals surface area (Å²) in [5, 5.41) is 11.8. The zero-order valence-electron chi connectivity index (χ0n) is 18.3. The summed E-state index contributed by atoms with van der Waals surface area (Å²) in [5.41, 5.74) is 2.80. The summed E-state index contributed by atoms with van der Waals surface area (Å²) >= 11 is 16.5. The van der Waals surface area contributed by atoms with Gasteiger partial charge in [0.25, 0.3) is 11.8 Å². The number of aryl methyl sites for hydroxylation is 1. The Morgan fingerprint density at radius 3 is 2.57 bits per heavy atom. The quantitative estimate of drug-likeness (QED) is 0.299. The van der Waals surface area contributed by atoms with Gasteiger partial charge in [-0.15, -0.1) is 0 Å². The van der Waals surface area contributed by atoms with Gasteiger partial charge in [0.2, 0.25) is 0 Å². The summed E-state index contributed by atoms with van der Waals surface area (Å²) in [5.74, 6) is -0.261. The number of thioether (sulfide) groups is 1. The average Bonchev–Trinajstić information content (AvgIpc) is 3.09. The van der Waals surface area contributed by atoms with Crippen LogP contribution in [0.5, 0.6) is 5.75 Å². The second-order valence-corrected chi connectivity index (χ2v) is 10.3. The van der Waals surface area contributed by atoms with E-state index in [4.69, 9.17) is 33.3 Å². The van der Waals surface area contributed by atoms with Crippen LogP contribution in [0.1, 0.15) is 11.1 Å². The van der Waals surface area contributed by atoms with E-state index in [9.17, 15) is 9.59 Å². The van der Waals surface area contributed by atoms with Crippen molar-refractivity contribution in [3.05, 3.63) is 91.2 Å². The van der Waals surface area contributed by atoms with Crippen molar-refractivity contribution in [1.82, 2.24) is 0 Å². The molecule has 0 bridgehead atoms. The number of amides is 2. The molecule has 4 rings (SSSR count). The van der Waals surface area contributed by atoms with Crippen molar-refractivity contribution in [2.75, 3.05) is 16.8 Å². The number of nitrogens with one attached hydrogen (secondary N) is 2. The zero-order chi connectivity index (χ0) is 25.1. The highest BCUT2D eigenvalue weighted by atomic mass is 79.9. The third-order valence-electron chi connectivity index (χ3n) is 4.94. The van der Waals surface area contributed by atoms with Crippen LogP contribution in [0.4, 0.5) is 11.4 Å². The van der Waals surface area contributed by atoms with Crippen molar-refractivity contribution in [3.63, 3.8) is 0 Å². The number of hydrogen-bond donors (Lipinski definition) is 2. The number of halogens is 3. The van der Waals surface area contributed by atoms with E-state index >= 15 is 0 Å². The number of benzene rings is 3. The van der Waals surface area contributed by atoms with Crippen LogP contribution in [0.2, 0.25) is 10.0 Å². The summed E-state index contributed by atoms with van der Waals surface area (Å²) in [6.07, 6.45) is 1.64. The maximum absolute atomic E-state index is 13.1. The molecule has 1 fully saturated rings. The lowest BCUT2D eigenvalue weighted by atomic mass is 10.2. The molecule has 0 atom stereocenters. The molecule has 1 aliphatic rings. The maximum Gasteiger partial charge on any atom is 0.271 e. The lowest BCUT2D eigenvalue weighted by molar-refractivity contribution is -0.118. The van der Waals surface area contributed by atoms with Crippen molar-refractivity contribution in [2.45, 2.75) is 6.92 Å². The Bertz CT molecular complexity index is 1360. The van der Waals surface area contributed by atoms with Gasteiger partial charge >= 0.3 is 0 Å². The number of amidine groups is 1. The Morgan fingerprint density at radius 2 is 1.86 bits per heavy atom. The largest absolute Gasteiger partial charge is 0.483 e. The van der Waals surface area contributed by atoms with Gasteiger partial charge in [-0.05, 0) is 73.3 Å². The number of carbonyl (C=O) groups is 2. The summed E-state index contributed by atoms with van der Waals surface area (Å²) < 4.78 is 6.54. The zero-order valence-corrected chi connectivity index (χ0v) is 22.2. The van der Waals surface area contributed by atoms with Crippen molar-refractivity contribution < 1.29 is 14.3 Å². The van der Waals surface area contributed by atoms with Gasteiger partial charge < -0.3 is 10.1 Å². The molecule has 3 aromatic rings. The van der Waals surface area contributed by atoms with Crippen molar-refractivity contribution in [3.8, 4) is 5.75 Å². The minimum absolute atomic E-state index is 0.0366. The summed E-state index contributed by atoms with van der Waals surface area (Å²) in [4.78, 5) is 27.1. The Kier molecular flexibility index (Phi) is 7.86. The van der Waals surface area contributed by atoms with Crippen LogP contribution in [-0.2, 0) is 9.59 Å². The predicted molar refractivity (Wildman–Crippen MR) is 147 cm³/mol. The Balaban J connectivity index is 1.52. The number of nitrogens with zero attached hydrogens (tertiary/aromatic N) is 1. The number of anilines is 2. The van der Waals surface area contributed by atoms with Crippen LogP contribution in [0.25, 0.3) is 6.08 Å². The summed E-state index contributed by atoms with van der Waals surface area (Å²) in [6.45, 7) is 1.76. The molecular formula is C25H18BrCl2N3O3S. The van der Waals surface area contributed by atoms with Gasteiger partial charge in [0.15, 0.2) is 11.8 Å². The topological polar surface area (TPSA) is 82.5 Å². The fourth-order valence-electron chi connectivity index (χ4n) is 3.23. The second-order valence-electron chi connectivity index (χ2n) is 7.54. The van der Waals surface area contributed by atoms with Crippen molar-refractivity contribution in [1.29, 1.82) is 5.41 Å². The van der Waals surface area contributed by atoms with Gasteiger partial charge in [-0.25, -0.2) is 0 Å². The highest BCUT2D eigenvalue weighted by Gasteiger charge is 2.34. The van der Waals surface area contributed by atoms with Gasteiger partial charge in [-0.3, -0.25) is 19.9 Å². The Hall–Kier alpha value is -2.78. The molecule has 2 amide bonds. The minimum atomic E-state index is -0.374. The molecule has 6 nitrogen and oxygen atoms in total. The first-order chi connectivity index (χ1) is 16.7. The van der Waals surface area contributed by atoms with E-state index in [0.29, 0.717) is 37.6 Å². The van der Waals surface area contributed by atoms with Crippen LogP contribution in [-0.4, -0.2) is 23.6 Å². The molecule has 10 heteroatoms. The number of ether oxygens (including phenoxy) is 1. The first kappa shape index (κ1) is 25.3. The molecule has 0 spiro atoms. The molecule has 0 aromatic heterocycles. The van der Waals surface area contributed by atoms with E-state index in [1.54, 1.807) is 42.5 Å². The standard InChI is InChI=1S/C25H18BrCl2N3O3S/c1-14-2-5-17(6-3-14)30-23(32)13-34-21-9-4-16(26)10-15(21)11-22-24(33)31(25(29)35-22)18-7-8-19(27)20(28)12-18/h2-12,29H,13H2,1H3,(H,30,32)/b22-11-,29-25?. The summed E-state index contributed by atoms with van der Waals surface area (Å²) in [6, 6.07) is 17.5. The molecule has 1 heterocycles. The third-order valence-corrected chi connectivity index (χ3v) is 7.06. The average molecular weight is 591 g/mol. The van der Waals surface area contributed by atoms with Crippen LogP contribution >= 0.6 is 50.9 Å². The van der Waals surface area contributed by atoms with E-state index in [0.717, 1.165) is 21.8 Å². The molecule has 0 unspecified atom stereocenters. The van der Waals surface area contributed by atoms with E-state index in [1.165, 1.54) is 4.90 Å². The van der Waals surface area contributed by atoms with E-state index in [2.05, 4.69) is 21.2 Å². The van der Waals surface area contributed by atoms with Crippen LogP contribution in [0, 0.1) is 12.3 Å². The monoisotopic (exact) mass is 589 g/mol. The smallest absolute Gasteiger partial charge is 0.271 e. The molecule has 1 saturated heterocycles. The van der Waals surface area contributed by atoms with Gasteiger partial charge in [0.05, 0.1) is 20.6 Å². The molecule has 1 aliphatic heterocycles. The molecule has 0 radical (unpaired) electrons. The van der Waals surface area contributed by atoms with Crippen molar-refractivity contribution >= 4 is 85.3 Å². The van der Waals surface area contributed by atoms with Crippen LogP contribution in [0.15, 0.2) is 70.0 Å². The van der Waals surface area contributed by atoms with Crippen molar-refractivity contribution in [2.24, 2.45) is 0 Å². The van der Waals surface area contributed by atoms with E-state index in [1.807, 2.05) is 31.2 Å². The first-order valence-corrected chi connectivity index (χ1v) is 12.6. The van der Waals surface area contributed by atoms with E-state index < -0.39 is 0 Å². The molecule has 178 valence electrons. The number of carbonyl (C=O) groups excluding carboxylic acids is 2. The number of hydrogen-bond acceptors (Lipinski definition) is 5. The minimum Gasteiger partial charge on any atom is -0.483 e. The number of rotatable bonds is 6. The second kappa shape index (κ2) is 10.9. The third kappa shape index (κ3) is 6.08. The molecule has 0 saturated carbocycles. The molecule has 3 aromatic carbocycles. The maximum atomic E-state index is 13.1. The predicted octanol–water partition coefficient (Wildman–Crippen LogP) is 7.14. The van der Waals surface area contributed by atoms with Crippen LogP contribution < -0.4 is 15.0 Å². The fourth-order valence-corrected chi connectivity index (χ4v) is 4.75. The summed E-state index contributed by atoms with van der Waals surface area (Å²) in [7, 11) is 0. The molecule has 35 heavy (non-hydrogen) atoms. The molecular weight excluding hydrogens is 573 g/mol. The van der Waals surface area contributed by atoms with Gasteiger partial charge in [-0.1, -0.05) is 56.8 Å². The molecule has 0 aliphatic carbocycles. The Labute approximate surface area is 224 Å². The van der Waals surface area contributed by atoms with E-state index in [-0.39, 0.29) is 23.6 Å². The van der Waals surface area contributed by atoms with Gasteiger partial charge in [-0.2, -0.15) is 0 Å². The molecule has 2 N–H and O–H groups in total. The normalized spacial score (nSPS) is 14.5. The SMILES string of the molecule is Cc1ccc(NC(=O)COc2ccc(Br)cc2/C=C2\SC(=N)N(c3ccc(Cl)c(Cl)c3)C2=O)cc1. The Morgan fingerprint density at radius 1 is 1.11 bits per heavy atom. The van der Waals surface area contributed by atoms with Gasteiger partial charge in [0.1, 0.15) is 5.75 Å².